The van der Waals surface area contributed by atoms with Crippen molar-refractivity contribution < 1.29 is 4.79 Å². The number of carbonyl (C=O) groups excluding carboxylic acids is 1. The maximum atomic E-state index is 12.1. The van der Waals surface area contributed by atoms with E-state index in [4.69, 9.17) is 0 Å². The van der Waals surface area contributed by atoms with Gasteiger partial charge >= 0.3 is 0 Å². The summed E-state index contributed by atoms with van der Waals surface area (Å²) >= 11 is 0. The van der Waals surface area contributed by atoms with Gasteiger partial charge in [0.25, 0.3) is 0 Å². The van der Waals surface area contributed by atoms with E-state index in [2.05, 4.69) is 48.7 Å². The van der Waals surface area contributed by atoms with Crippen LogP contribution < -0.4 is 10.6 Å². The first-order chi connectivity index (χ1) is 9.15. The molecule has 0 radical (unpaired) electrons. The van der Waals surface area contributed by atoms with E-state index in [1.807, 2.05) is 0 Å². The van der Waals surface area contributed by atoms with Crippen LogP contribution in [0.1, 0.15) is 30.9 Å². The lowest BCUT2D eigenvalue weighted by Gasteiger charge is -2.27. The van der Waals surface area contributed by atoms with E-state index >= 15 is 0 Å². The van der Waals surface area contributed by atoms with Crippen molar-refractivity contribution in [2.24, 2.45) is 5.92 Å². The number of aryl methyl sites for hydroxylation is 1. The highest BCUT2D eigenvalue weighted by Crippen LogP contribution is 2.15. The number of rotatable bonds is 4. The van der Waals surface area contributed by atoms with Crippen LogP contribution in [0.3, 0.4) is 0 Å². The highest BCUT2D eigenvalue weighted by Gasteiger charge is 2.24. The van der Waals surface area contributed by atoms with Gasteiger partial charge in [-0.1, -0.05) is 29.8 Å². The molecule has 2 rings (SSSR count). The Morgan fingerprint density at radius 1 is 1.45 bits per heavy atom. The van der Waals surface area contributed by atoms with Crippen LogP contribution in [0.2, 0.25) is 0 Å². The summed E-state index contributed by atoms with van der Waals surface area (Å²) in [5.74, 6) is 0.412. The second-order valence-corrected chi connectivity index (χ2v) is 5.61. The van der Waals surface area contributed by atoms with Crippen molar-refractivity contribution in [3.63, 3.8) is 0 Å². The van der Waals surface area contributed by atoms with Crippen LogP contribution in [0.5, 0.6) is 0 Å². The van der Waals surface area contributed by atoms with Gasteiger partial charge < -0.3 is 10.6 Å². The number of nitrogens with one attached hydrogen (secondary N) is 2. The molecule has 0 aromatic heterocycles. The zero-order chi connectivity index (χ0) is 13.7. The predicted molar refractivity (Wildman–Crippen MR) is 85.3 cm³/mol. The van der Waals surface area contributed by atoms with Crippen LogP contribution in [0, 0.1) is 12.8 Å². The number of hydrogen-bond acceptors (Lipinski definition) is 2. The number of carbonyl (C=O) groups is 1. The Balaban J connectivity index is 0.00000200. The van der Waals surface area contributed by atoms with Crippen molar-refractivity contribution in [3.8, 4) is 0 Å². The first-order valence-corrected chi connectivity index (χ1v) is 7.22. The second kappa shape index (κ2) is 8.28. The summed E-state index contributed by atoms with van der Waals surface area (Å²) in [6.07, 6.45) is 2.82. The Morgan fingerprint density at radius 3 is 2.95 bits per heavy atom. The van der Waals surface area contributed by atoms with Crippen molar-refractivity contribution in [2.75, 3.05) is 13.1 Å². The third-order valence-electron chi connectivity index (χ3n) is 3.79. The fourth-order valence-corrected chi connectivity index (χ4v) is 2.71. The average Bonchev–Trinajstić information content (AvgIpc) is 2.38. The molecule has 3 nitrogen and oxygen atoms in total. The van der Waals surface area contributed by atoms with Crippen LogP contribution in [-0.4, -0.2) is 25.0 Å². The summed E-state index contributed by atoms with van der Waals surface area (Å²) < 4.78 is 0. The predicted octanol–water partition coefficient (Wildman–Crippen LogP) is 2.46. The summed E-state index contributed by atoms with van der Waals surface area (Å²) in [6.45, 7) is 5.93. The molecule has 1 heterocycles. The zero-order valence-corrected chi connectivity index (χ0v) is 13.1. The largest absolute Gasteiger partial charge is 0.356 e. The average molecular weight is 297 g/mol. The molecule has 1 amide bonds. The highest BCUT2D eigenvalue weighted by atomic mass is 35.5. The molecule has 1 aromatic carbocycles. The van der Waals surface area contributed by atoms with Gasteiger partial charge in [0.1, 0.15) is 0 Å². The highest BCUT2D eigenvalue weighted by molar-refractivity contribution is 5.85. The minimum Gasteiger partial charge on any atom is -0.356 e. The molecule has 0 spiro atoms. The Morgan fingerprint density at radius 2 is 2.25 bits per heavy atom. The summed E-state index contributed by atoms with van der Waals surface area (Å²) in [7, 11) is 0. The lowest BCUT2D eigenvalue weighted by atomic mass is 9.92. The minimum atomic E-state index is 0. The number of benzene rings is 1. The van der Waals surface area contributed by atoms with Gasteiger partial charge in [0.05, 0.1) is 0 Å². The van der Waals surface area contributed by atoms with Gasteiger partial charge in [-0.25, -0.2) is 0 Å². The van der Waals surface area contributed by atoms with Crippen molar-refractivity contribution in [1.29, 1.82) is 0 Å². The summed E-state index contributed by atoms with van der Waals surface area (Å²) in [5.41, 5.74) is 2.56. The van der Waals surface area contributed by atoms with Gasteiger partial charge in [-0.05, 0) is 45.2 Å². The second-order valence-electron chi connectivity index (χ2n) is 5.61. The molecule has 1 aliphatic heterocycles. The Hall–Kier alpha value is -1.06. The Kier molecular flexibility index (Phi) is 7.03. The number of piperidine rings is 1. The van der Waals surface area contributed by atoms with E-state index in [0.29, 0.717) is 6.04 Å². The van der Waals surface area contributed by atoms with E-state index in [0.717, 1.165) is 32.4 Å². The number of amides is 1. The van der Waals surface area contributed by atoms with Gasteiger partial charge in [0.2, 0.25) is 5.91 Å². The van der Waals surface area contributed by atoms with Crippen LogP contribution in [0.15, 0.2) is 24.3 Å². The van der Waals surface area contributed by atoms with E-state index in [1.54, 1.807) is 0 Å². The first kappa shape index (κ1) is 17.0. The number of halogens is 1. The molecule has 0 saturated carbocycles. The molecular weight excluding hydrogens is 272 g/mol. The minimum absolute atomic E-state index is 0. The molecular formula is C16H25ClN2O. The van der Waals surface area contributed by atoms with E-state index in [9.17, 15) is 4.79 Å². The van der Waals surface area contributed by atoms with Gasteiger partial charge in [-0.3, -0.25) is 4.79 Å². The van der Waals surface area contributed by atoms with Crippen LogP contribution >= 0.6 is 12.4 Å². The first-order valence-electron chi connectivity index (χ1n) is 7.22. The standard InChI is InChI=1S/C16H24N2O.ClH/c1-12-4-3-5-14(10-12)6-8-18-16(19)15-7-9-17-13(2)11-15;/h3-5,10,13,15,17H,6-9,11H2,1-2H3,(H,18,19);1H/t13-,15-;/m0./s1. The summed E-state index contributed by atoms with van der Waals surface area (Å²) in [4.78, 5) is 12.1. The third-order valence-corrected chi connectivity index (χ3v) is 3.79. The van der Waals surface area contributed by atoms with Crippen molar-refractivity contribution in [2.45, 2.75) is 39.2 Å². The smallest absolute Gasteiger partial charge is 0.223 e. The topological polar surface area (TPSA) is 41.1 Å². The molecule has 1 saturated heterocycles. The molecule has 0 unspecified atom stereocenters. The molecule has 0 aliphatic carbocycles. The molecule has 1 aromatic rings. The molecule has 2 N–H and O–H groups in total. The molecule has 20 heavy (non-hydrogen) atoms. The van der Waals surface area contributed by atoms with Crippen LogP contribution in [-0.2, 0) is 11.2 Å². The Labute approximate surface area is 127 Å². The van der Waals surface area contributed by atoms with Crippen molar-refractivity contribution >= 4 is 18.3 Å². The molecule has 0 bridgehead atoms. The van der Waals surface area contributed by atoms with E-state index in [-0.39, 0.29) is 24.2 Å². The lowest BCUT2D eigenvalue weighted by Crippen LogP contribution is -2.42. The summed E-state index contributed by atoms with van der Waals surface area (Å²) in [6, 6.07) is 8.92. The Bertz CT molecular complexity index is 436. The molecule has 112 valence electrons. The van der Waals surface area contributed by atoms with Gasteiger partial charge in [0, 0.05) is 18.5 Å². The van der Waals surface area contributed by atoms with Crippen molar-refractivity contribution in [1.82, 2.24) is 10.6 Å². The third kappa shape index (κ3) is 5.14. The van der Waals surface area contributed by atoms with E-state index < -0.39 is 0 Å². The van der Waals surface area contributed by atoms with Crippen LogP contribution in [0.4, 0.5) is 0 Å². The monoisotopic (exact) mass is 296 g/mol. The fourth-order valence-electron chi connectivity index (χ4n) is 2.71. The molecule has 4 heteroatoms. The van der Waals surface area contributed by atoms with Gasteiger partial charge in [-0.15, -0.1) is 12.4 Å². The maximum Gasteiger partial charge on any atom is 0.223 e. The van der Waals surface area contributed by atoms with Crippen LogP contribution in [0.25, 0.3) is 0 Å². The molecule has 1 fully saturated rings. The molecule has 1 aliphatic rings. The lowest BCUT2D eigenvalue weighted by molar-refractivity contribution is -0.126. The fraction of sp³-hybridized carbons (Fsp3) is 0.562. The number of hydrogen-bond donors (Lipinski definition) is 2. The quantitative estimate of drug-likeness (QED) is 0.896. The maximum absolute atomic E-state index is 12.1. The van der Waals surface area contributed by atoms with Gasteiger partial charge in [0.15, 0.2) is 0 Å². The van der Waals surface area contributed by atoms with Gasteiger partial charge in [-0.2, -0.15) is 0 Å². The van der Waals surface area contributed by atoms with Crippen molar-refractivity contribution in [3.05, 3.63) is 35.4 Å². The summed E-state index contributed by atoms with van der Waals surface area (Å²) in [5, 5.41) is 6.45. The van der Waals surface area contributed by atoms with E-state index in [1.165, 1.54) is 11.1 Å². The zero-order valence-electron chi connectivity index (χ0n) is 12.3. The SMILES string of the molecule is Cc1cccc(CCNC(=O)[C@H]2CCN[C@@H](C)C2)c1.Cl. The normalized spacial score (nSPS) is 21.9. The molecule has 2 atom stereocenters.